The van der Waals surface area contributed by atoms with Crippen LogP contribution in [0.5, 0.6) is 0 Å². The molecule has 1 aliphatic rings. The highest BCUT2D eigenvalue weighted by Gasteiger charge is 2.23. The second kappa shape index (κ2) is 9.37. The normalized spacial score (nSPS) is 20.3. The number of piperidine rings is 1. The third-order valence-corrected chi connectivity index (χ3v) is 6.11. The molecule has 2 aromatic rings. The summed E-state index contributed by atoms with van der Waals surface area (Å²) < 4.78 is 5.15. The Hall–Kier alpha value is -2.14. The number of rotatable bonds is 7. The fourth-order valence-corrected chi connectivity index (χ4v) is 4.26. The van der Waals surface area contributed by atoms with Crippen LogP contribution in [0.1, 0.15) is 48.8 Å². The number of nitrogens with zero attached hydrogens (tertiary/aromatic N) is 2. The predicted octanol–water partition coefficient (Wildman–Crippen LogP) is 4.38. The first-order chi connectivity index (χ1) is 13.4. The van der Waals surface area contributed by atoms with E-state index in [1.165, 1.54) is 31.5 Å². The molecule has 0 bridgehead atoms. The van der Waals surface area contributed by atoms with Crippen LogP contribution in [-0.2, 0) is 17.6 Å². The number of aromatic nitrogens is 1. The number of likely N-dealkylation sites (tertiary alicyclic amines) is 1. The lowest BCUT2D eigenvalue weighted by atomic mass is 9.83. The first kappa shape index (κ1) is 20.6. The average Bonchev–Trinajstić information content (AvgIpc) is 2.98. The second-order valence-corrected chi connectivity index (χ2v) is 8.37. The van der Waals surface area contributed by atoms with Crippen molar-refractivity contribution in [1.82, 2.24) is 10.1 Å². The molecule has 152 valence electrons. The first-order valence-corrected chi connectivity index (χ1v) is 10.4. The summed E-state index contributed by atoms with van der Waals surface area (Å²) in [5, 5.41) is 6.93. The summed E-state index contributed by atoms with van der Waals surface area (Å²) in [5.41, 5.74) is 4.11. The number of benzene rings is 1. The zero-order chi connectivity index (χ0) is 20.1. The molecule has 1 saturated heterocycles. The fourth-order valence-electron chi connectivity index (χ4n) is 4.26. The highest BCUT2D eigenvalue weighted by molar-refractivity contribution is 5.90. The molecule has 0 radical (unpaired) electrons. The average molecular weight is 384 g/mol. The van der Waals surface area contributed by atoms with Crippen molar-refractivity contribution in [2.45, 2.75) is 52.9 Å². The van der Waals surface area contributed by atoms with Crippen molar-refractivity contribution in [1.29, 1.82) is 0 Å². The summed E-state index contributed by atoms with van der Waals surface area (Å²) in [6.07, 6.45) is 4.74. The van der Waals surface area contributed by atoms with Crippen LogP contribution >= 0.6 is 0 Å². The molecule has 0 aliphatic carbocycles. The quantitative estimate of drug-likeness (QED) is 0.771. The molecule has 5 nitrogen and oxygen atoms in total. The molecule has 1 aromatic carbocycles. The maximum Gasteiger partial charge on any atom is 0.224 e. The number of carbonyl (C=O) groups is 1. The fraction of sp³-hybridized carbons (Fsp3) is 0.565. The number of nitrogens with one attached hydrogen (secondary N) is 1. The molecule has 5 heteroatoms. The molecule has 1 N–H and O–H groups in total. The van der Waals surface area contributed by atoms with Gasteiger partial charge >= 0.3 is 0 Å². The molecule has 1 aliphatic heterocycles. The molecule has 0 spiro atoms. The predicted molar refractivity (Wildman–Crippen MR) is 112 cm³/mol. The lowest BCUT2D eigenvalue weighted by Crippen LogP contribution is -2.36. The maximum absolute atomic E-state index is 12.2. The molecule has 1 aromatic heterocycles. The monoisotopic (exact) mass is 383 g/mol. The van der Waals surface area contributed by atoms with Gasteiger partial charge in [0.2, 0.25) is 5.91 Å². The number of amides is 1. The minimum Gasteiger partial charge on any atom is -0.361 e. The number of anilines is 1. The highest BCUT2D eigenvalue weighted by Crippen LogP contribution is 2.27. The highest BCUT2D eigenvalue weighted by atomic mass is 16.5. The summed E-state index contributed by atoms with van der Waals surface area (Å²) in [7, 11) is 2.22. The summed E-state index contributed by atoms with van der Waals surface area (Å²) in [6.45, 7) is 8.60. The molecular formula is C23H33N3O2. The Bertz CT molecular complexity index is 762. The maximum atomic E-state index is 12.2. The number of aryl methyl sites for hydroxylation is 3. The molecule has 3 rings (SSSR count). The van der Waals surface area contributed by atoms with Gasteiger partial charge in [-0.1, -0.05) is 24.2 Å². The molecule has 2 atom stereocenters. The van der Waals surface area contributed by atoms with Gasteiger partial charge in [0.05, 0.1) is 5.69 Å². The minimum atomic E-state index is 0.0212. The van der Waals surface area contributed by atoms with Crippen LogP contribution in [0.25, 0.3) is 0 Å². The Labute approximate surface area is 168 Å². The third kappa shape index (κ3) is 5.44. The van der Waals surface area contributed by atoms with Crippen LogP contribution in [0.3, 0.4) is 0 Å². The van der Waals surface area contributed by atoms with Gasteiger partial charge in [0.25, 0.3) is 0 Å². The van der Waals surface area contributed by atoms with Gasteiger partial charge in [-0.25, -0.2) is 0 Å². The van der Waals surface area contributed by atoms with Crippen molar-refractivity contribution >= 4 is 11.6 Å². The summed E-state index contributed by atoms with van der Waals surface area (Å²) >= 11 is 0. The minimum absolute atomic E-state index is 0.0212. The van der Waals surface area contributed by atoms with Gasteiger partial charge in [-0.2, -0.15) is 0 Å². The lowest BCUT2D eigenvalue weighted by molar-refractivity contribution is -0.116. The Morgan fingerprint density at radius 2 is 2.00 bits per heavy atom. The van der Waals surface area contributed by atoms with Crippen molar-refractivity contribution in [2.75, 3.05) is 25.5 Å². The van der Waals surface area contributed by atoms with Crippen molar-refractivity contribution in [3.63, 3.8) is 0 Å². The summed E-state index contributed by atoms with van der Waals surface area (Å²) in [4.78, 5) is 14.7. The van der Waals surface area contributed by atoms with Crippen molar-refractivity contribution in [3.8, 4) is 0 Å². The Morgan fingerprint density at radius 3 is 2.64 bits per heavy atom. The van der Waals surface area contributed by atoms with Crippen LogP contribution in [0.4, 0.5) is 5.69 Å². The smallest absolute Gasteiger partial charge is 0.224 e. The van der Waals surface area contributed by atoms with Crippen LogP contribution in [0, 0.1) is 25.7 Å². The Kier molecular flexibility index (Phi) is 6.89. The van der Waals surface area contributed by atoms with Gasteiger partial charge in [-0.05, 0) is 82.7 Å². The summed E-state index contributed by atoms with van der Waals surface area (Å²) in [5.74, 6) is 2.41. The van der Waals surface area contributed by atoms with Gasteiger partial charge in [0.1, 0.15) is 5.76 Å². The van der Waals surface area contributed by atoms with E-state index in [2.05, 4.69) is 41.5 Å². The molecular weight excluding hydrogens is 350 g/mol. The van der Waals surface area contributed by atoms with Crippen LogP contribution in [0.2, 0.25) is 0 Å². The van der Waals surface area contributed by atoms with E-state index in [-0.39, 0.29) is 5.91 Å². The topological polar surface area (TPSA) is 58.4 Å². The van der Waals surface area contributed by atoms with E-state index < -0.39 is 0 Å². The number of hydrogen-bond acceptors (Lipinski definition) is 4. The van der Waals surface area contributed by atoms with E-state index in [9.17, 15) is 4.79 Å². The zero-order valence-electron chi connectivity index (χ0n) is 17.6. The van der Waals surface area contributed by atoms with Crippen molar-refractivity contribution in [2.24, 2.45) is 11.8 Å². The van der Waals surface area contributed by atoms with Gasteiger partial charge < -0.3 is 14.7 Å². The van der Waals surface area contributed by atoms with E-state index in [0.717, 1.165) is 41.0 Å². The lowest BCUT2D eigenvalue weighted by Gasteiger charge is -2.34. The molecule has 2 heterocycles. The van der Waals surface area contributed by atoms with E-state index in [1.807, 2.05) is 26.0 Å². The molecule has 28 heavy (non-hydrogen) atoms. The molecule has 1 fully saturated rings. The molecule has 1 amide bonds. The van der Waals surface area contributed by atoms with Crippen molar-refractivity contribution < 1.29 is 9.32 Å². The van der Waals surface area contributed by atoms with Gasteiger partial charge in [-0.15, -0.1) is 0 Å². The van der Waals surface area contributed by atoms with E-state index in [1.54, 1.807) is 0 Å². The first-order valence-electron chi connectivity index (χ1n) is 10.4. The number of hydrogen-bond donors (Lipinski definition) is 1. The molecule has 2 unspecified atom stereocenters. The Balaban J connectivity index is 1.44. The zero-order valence-corrected chi connectivity index (χ0v) is 17.6. The van der Waals surface area contributed by atoms with Gasteiger partial charge in [-0.3, -0.25) is 4.79 Å². The van der Waals surface area contributed by atoms with Crippen LogP contribution in [0.15, 0.2) is 28.8 Å². The van der Waals surface area contributed by atoms with Crippen molar-refractivity contribution in [3.05, 3.63) is 46.8 Å². The van der Waals surface area contributed by atoms with E-state index in [0.29, 0.717) is 12.8 Å². The second-order valence-electron chi connectivity index (χ2n) is 8.37. The largest absolute Gasteiger partial charge is 0.361 e. The summed E-state index contributed by atoms with van der Waals surface area (Å²) in [6, 6.07) is 8.31. The third-order valence-electron chi connectivity index (χ3n) is 6.11. The van der Waals surface area contributed by atoms with Gasteiger partial charge in [0.15, 0.2) is 0 Å². The number of carbonyl (C=O) groups excluding carboxylic acids is 1. The van der Waals surface area contributed by atoms with Crippen LogP contribution in [-0.4, -0.2) is 36.1 Å². The molecule has 0 saturated carbocycles. The van der Waals surface area contributed by atoms with E-state index >= 15 is 0 Å². The Morgan fingerprint density at radius 1 is 1.25 bits per heavy atom. The standard InChI is InChI=1S/C23H33N3O2/c1-16-15-26(4)14-13-20(16)8-5-19-6-9-21(10-7-19)24-23(27)12-11-22-17(2)25-28-18(22)3/h6-7,9-10,16,20H,5,8,11-15H2,1-4H3,(H,24,27). The van der Waals surface area contributed by atoms with Crippen LogP contribution < -0.4 is 5.32 Å². The SMILES string of the molecule is Cc1noc(C)c1CCC(=O)Nc1ccc(CCC2CCN(C)CC2C)cc1. The van der Waals surface area contributed by atoms with Gasteiger partial charge in [0, 0.05) is 24.2 Å². The van der Waals surface area contributed by atoms with E-state index in [4.69, 9.17) is 4.52 Å².